The summed E-state index contributed by atoms with van der Waals surface area (Å²) < 4.78 is 0. The highest BCUT2D eigenvalue weighted by Gasteiger charge is 2.26. The number of carbonyl (C=O) groups excluding carboxylic acids is 2. The van der Waals surface area contributed by atoms with E-state index < -0.39 is 5.54 Å². The molecule has 4 N–H and O–H groups in total. The number of rotatable bonds is 7. The Kier molecular flexibility index (Phi) is 6.25. The van der Waals surface area contributed by atoms with Crippen LogP contribution in [0.2, 0.25) is 0 Å². The van der Waals surface area contributed by atoms with Crippen LogP contribution in [0.1, 0.15) is 42.6 Å². The molecule has 6 heteroatoms. The number of hydrogen-bond acceptors (Lipinski definition) is 4. The SMILES string of the molecule is CCCC(C)(N)C(=O)NCc1ccc(C(=O)Nc2ccncc2)cc1. The number of hydrogen-bond donors (Lipinski definition) is 3. The average molecular weight is 340 g/mol. The third kappa shape index (κ3) is 5.39. The van der Waals surface area contributed by atoms with Gasteiger partial charge < -0.3 is 16.4 Å². The topological polar surface area (TPSA) is 97.1 Å². The molecule has 25 heavy (non-hydrogen) atoms. The maximum atomic E-state index is 12.2. The lowest BCUT2D eigenvalue weighted by Crippen LogP contribution is -2.51. The molecular formula is C19H24N4O2. The number of nitrogens with zero attached hydrogens (tertiary/aromatic N) is 1. The van der Waals surface area contributed by atoms with E-state index in [1.807, 2.05) is 19.1 Å². The van der Waals surface area contributed by atoms with Crippen molar-refractivity contribution in [3.63, 3.8) is 0 Å². The lowest BCUT2D eigenvalue weighted by atomic mass is 9.96. The van der Waals surface area contributed by atoms with Crippen molar-refractivity contribution in [3.05, 3.63) is 59.9 Å². The Morgan fingerprint density at radius 1 is 1.12 bits per heavy atom. The van der Waals surface area contributed by atoms with E-state index in [0.29, 0.717) is 24.2 Å². The van der Waals surface area contributed by atoms with Crippen LogP contribution in [0, 0.1) is 0 Å². The van der Waals surface area contributed by atoms with Gasteiger partial charge in [-0.1, -0.05) is 25.5 Å². The van der Waals surface area contributed by atoms with Crippen molar-refractivity contribution in [2.24, 2.45) is 5.73 Å². The van der Waals surface area contributed by atoms with Crippen LogP contribution in [0.15, 0.2) is 48.8 Å². The molecule has 0 spiro atoms. The summed E-state index contributed by atoms with van der Waals surface area (Å²) in [6.07, 6.45) is 4.71. The zero-order valence-electron chi connectivity index (χ0n) is 14.6. The molecule has 1 heterocycles. The lowest BCUT2D eigenvalue weighted by Gasteiger charge is -2.22. The number of nitrogens with two attached hydrogens (primary N) is 1. The summed E-state index contributed by atoms with van der Waals surface area (Å²) in [6, 6.07) is 10.5. The van der Waals surface area contributed by atoms with Gasteiger partial charge in [-0.25, -0.2) is 0 Å². The van der Waals surface area contributed by atoms with Crippen LogP contribution >= 0.6 is 0 Å². The first-order valence-electron chi connectivity index (χ1n) is 8.30. The molecule has 2 aromatic rings. The number of amides is 2. The Balaban J connectivity index is 1.91. The maximum absolute atomic E-state index is 12.2. The van der Waals surface area contributed by atoms with Gasteiger partial charge >= 0.3 is 0 Å². The van der Waals surface area contributed by atoms with Gasteiger partial charge in [0, 0.05) is 30.2 Å². The molecule has 1 atom stereocenters. The predicted octanol–water partition coefficient (Wildman–Crippen LogP) is 2.47. The van der Waals surface area contributed by atoms with Gasteiger partial charge in [-0.15, -0.1) is 0 Å². The summed E-state index contributed by atoms with van der Waals surface area (Å²) >= 11 is 0. The van der Waals surface area contributed by atoms with Crippen molar-refractivity contribution in [1.29, 1.82) is 0 Å². The summed E-state index contributed by atoms with van der Waals surface area (Å²) in [5.74, 6) is -0.367. The standard InChI is InChI=1S/C19H24N4O2/c1-3-10-19(2,20)18(25)22-13-14-4-6-15(7-5-14)17(24)23-16-8-11-21-12-9-16/h4-9,11-12H,3,10,13,20H2,1-2H3,(H,22,25)(H,21,23,24). The second-order valence-electron chi connectivity index (χ2n) is 6.24. The molecule has 1 aromatic heterocycles. The van der Waals surface area contributed by atoms with E-state index in [-0.39, 0.29) is 11.8 Å². The second kappa shape index (κ2) is 8.39. The van der Waals surface area contributed by atoms with E-state index >= 15 is 0 Å². The van der Waals surface area contributed by atoms with Crippen LogP contribution in [0.4, 0.5) is 5.69 Å². The number of carbonyl (C=O) groups is 2. The van der Waals surface area contributed by atoms with E-state index in [0.717, 1.165) is 12.0 Å². The molecule has 1 unspecified atom stereocenters. The van der Waals surface area contributed by atoms with E-state index in [4.69, 9.17) is 5.73 Å². The third-order valence-electron chi connectivity index (χ3n) is 3.90. The van der Waals surface area contributed by atoms with E-state index in [1.54, 1.807) is 43.6 Å². The molecule has 0 radical (unpaired) electrons. The van der Waals surface area contributed by atoms with E-state index in [1.165, 1.54) is 0 Å². The van der Waals surface area contributed by atoms with Crippen LogP contribution in [0.3, 0.4) is 0 Å². The van der Waals surface area contributed by atoms with Gasteiger partial charge in [0.05, 0.1) is 5.54 Å². The Labute approximate surface area is 147 Å². The predicted molar refractivity (Wildman–Crippen MR) is 98.0 cm³/mol. The molecule has 2 rings (SSSR count). The molecule has 6 nitrogen and oxygen atoms in total. The molecule has 0 aliphatic heterocycles. The van der Waals surface area contributed by atoms with Crippen molar-refractivity contribution in [2.45, 2.75) is 38.8 Å². The van der Waals surface area contributed by atoms with Gasteiger partial charge in [-0.2, -0.15) is 0 Å². The lowest BCUT2D eigenvalue weighted by molar-refractivity contribution is -0.126. The zero-order chi connectivity index (χ0) is 18.3. The summed E-state index contributed by atoms with van der Waals surface area (Å²) in [5.41, 5.74) is 7.28. The monoisotopic (exact) mass is 340 g/mol. The Morgan fingerprint density at radius 3 is 2.36 bits per heavy atom. The fourth-order valence-corrected chi connectivity index (χ4v) is 2.43. The highest BCUT2D eigenvalue weighted by Crippen LogP contribution is 2.11. The van der Waals surface area contributed by atoms with Crippen LogP contribution in [0.5, 0.6) is 0 Å². The van der Waals surface area contributed by atoms with Gasteiger partial charge in [-0.05, 0) is 43.2 Å². The molecule has 0 aliphatic carbocycles. The smallest absolute Gasteiger partial charge is 0.255 e. The molecule has 132 valence electrons. The van der Waals surface area contributed by atoms with Crippen LogP contribution in [-0.4, -0.2) is 22.3 Å². The van der Waals surface area contributed by atoms with Gasteiger partial charge in [0.2, 0.25) is 5.91 Å². The Bertz CT molecular complexity index is 712. The highest BCUT2D eigenvalue weighted by molar-refractivity contribution is 6.04. The largest absolute Gasteiger partial charge is 0.350 e. The number of aromatic nitrogens is 1. The molecule has 0 saturated carbocycles. The summed E-state index contributed by atoms with van der Waals surface area (Å²) in [5, 5.41) is 5.64. The number of pyridine rings is 1. The van der Waals surface area contributed by atoms with Gasteiger partial charge in [0.25, 0.3) is 5.91 Å². The highest BCUT2D eigenvalue weighted by atomic mass is 16.2. The van der Waals surface area contributed by atoms with E-state index in [9.17, 15) is 9.59 Å². The number of anilines is 1. The van der Waals surface area contributed by atoms with Crippen LogP contribution in [0.25, 0.3) is 0 Å². The summed E-state index contributed by atoms with van der Waals surface area (Å²) in [4.78, 5) is 28.2. The minimum absolute atomic E-state index is 0.172. The molecule has 0 fully saturated rings. The third-order valence-corrected chi connectivity index (χ3v) is 3.90. The molecule has 2 amide bonds. The maximum Gasteiger partial charge on any atom is 0.255 e. The minimum atomic E-state index is -0.862. The zero-order valence-corrected chi connectivity index (χ0v) is 14.6. The summed E-state index contributed by atoms with van der Waals surface area (Å²) in [6.45, 7) is 4.11. The fourth-order valence-electron chi connectivity index (χ4n) is 2.43. The van der Waals surface area contributed by atoms with Gasteiger partial charge in [-0.3, -0.25) is 14.6 Å². The summed E-state index contributed by atoms with van der Waals surface area (Å²) in [7, 11) is 0. The number of benzene rings is 1. The van der Waals surface area contributed by atoms with Gasteiger partial charge in [0.15, 0.2) is 0 Å². The second-order valence-corrected chi connectivity index (χ2v) is 6.24. The molecule has 0 saturated heterocycles. The molecule has 1 aromatic carbocycles. The normalized spacial score (nSPS) is 12.9. The minimum Gasteiger partial charge on any atom is -0.350 e. The Morgan fingerprint density at radius 2 is 1.76 bits per heavy atom. The first-order chi connectivity index (χ1) is 11.9. The molecule has 0 aliphatic rings. The van der Waals surface area contributed by atoms with Crippen molar-refractivity contribution in [2.75, 3.05) is 5.32 Å². The van der Waals surface area contributed by atoms with Crippen molar-refractivity contribution < 1.29 is 9.59 Å². The Hall–Kier alpha value is -2.73. The first kappa shape index (κ1) is 18.6. The fraction of sp³-hybridized carbons (Fsp3) is 0.316. The van der Waals surface area contributed by atoms with Crippen LogP contribution < -0.4 is 16.4 Å². The number of nitrogens with one attached hydrogen (secondary N) is 2. The van der Waals surface area contributed by atoms with Crippen molar-refractivity contribution in [1.82, 2.24) is 10.3 Å². The average Bonchev–Trinajstić information content (AvgIpc) is 2.61. The van der Waals surface area contributed by atoms with Crippen molar-refractivity contribution >= 4 is 17.5 Å². The first-order valence-corrected chi connectivity index (χ1v) is 8.30. The van der Waals surface area contributed by atoms with Gasteiger partial charge in [0.1, 0.15) is 0 Å². The quantitative estimate of drug-likeness (QED) is 0.721. The van der Waals surface area contributed by atoms with Crippen molar-refractivity contribution in [3.8, 4) is 0 Å². The molecule has 0 bridgehead atoms. The molecular weight excluding hydrogens is 316 g/mol. The van der Waals surface area contributed by atoms with Crippen LogP contribution in [-0.2, 0) is 11.3 Å². The van der Waals surface area contributed by atoms with E-state index in [2.05, 4.69) is 15.6 Å².